The Morgan fingerprint density at radius 1 is 1.29 bits per heavy atom. The predicted molar refractivity (Wildman–Crippen MR) is 60.9 cm³/mol. The summed E-state index contributed by atoms with van der Waals surface area (Å²) in [5.41, 5.74) is 6.70. The topological polar surface area (TPSA) is 95.7 Å². The average Bonchev–Trinajstić information content (AvgIpc) is 2.22. The Morgan fingerprint density at radius 2 is 1.94 bits per heavy atom. The minimum atomic E-state index is -0.298. The second-order valence-electron chi connectivity index (χ2n) is 4.01. The van der Waals surface area contributed by atoms with Gasteiger partial charge in [0.25, 0.3) is 0 Å². The fraction of sp³-hybridized carbons (Fsp3) is 0.273. The highest BCUT2D eigenvalue weighted by molar-refractivity contribution is 5.99. The molecular weight excluding hydrogens is 222 g/mol. The quantitative estimate of drug-likeness (QED) is 0.362. The van der Waals surface area contributed by atoms with Gasteiger partial charge in [0.2, 0.25) is 11.8 Å². The second-order valence-corrected chi connectivity index (χ2v) is 4.01. The van der Waals surface area contributed by atoms with Crippen molar-refractivity contribution in [3.8, 4) is 5.75 Å². The Morgan fingerprint density at radius 3 is 2.53 bits per heavy atom. The number of nitrogens with one attached hydrogen (secondary N) is 1. The first-order valence-corrected chi connectivity index (χ1v) is 5.17. The van der Waals surface area contributed by atoms with Crippen LogP contribution in [0.4, 0.5) is 5.69 Å². The summed E-state index contributed by atoms with van der Waals surface area (Å²) in [5, 5.41) is 11.5. The lowest BCUT2D eigenvalue weighted by molar-refractivity contribution is -0.136. The molecule has 0 saturated carbocycles. The molecule has 0 aliphatic carbocycles. The number of phenolic OH excluding ortho intramolecular Hbond substituents is 1. The van der Waals surface area contributed by atoms with E-state index >= 15 is 0 Å². The highest BCUT2D eigenvalue weighted by atomic mass is 16.3. The molecule has 0 radical (unpaired) electrons. The summed E-state index contributed by atoms with van der Waals surface area (Å²) in [7, 11) is 0. The number of anilines is 1. The Kier molecular flexibility index (Phi) is 2.97. The lowest BCUT2D eigenvalue weighted by Crippen LogP contribution is -2.50. The third-order valence-electron chi connectivity index (χ3n) is 2.51. The number of carbonyl (C=O) groups is 2. The van der Waals surface area contributed by atoms with E-state index in [1.54, 1.807) is 17.0 Å². The minimum absolute atomic E-state index is 0.0289. The van der Waals surface area contributed by atoms with Gasteiger partial charge in [0.1, 0.15) is 5.75 Å². The Bertz CT molecular complexity index is 457. The van der Waals surface area contributed by atoms with Gasteiger partial charge in [0.15, 0.2) is 0 Å². The van der Waals surface area contributed by atoms with E-state index in [9.17, 15) is 14.7 Å². The fourth-order valence-corrected chi connectivity index (χ4v) is 1.77. The molecule has 1 fully saturated rings. The van der Waals surface area contributed by atoms with E-state index in [0.717, 1.165) is 5.56 Å². The summed E-state index contributed by atoms with van der Waals surface area (Å²) < 4.78 is 0. The molecule has 6 heteroatoms. The summed E-state index contributed by atoms with van der Waals surface area (Å²) in [6.07, 6.45) is 0. The van der Waals surface area contributed by atoms with Gasteiger partial charge in [0, 0.05) is 6.54 Å². The number of imide groups is 1. The van der Waals surface area contributed by atoms with Gasteiger partial charge in [-0.15, -0.1) is 0 Å². The first-order chi connectivity index (χ1) is 8.04. The molecule has 1 aromatic carbocycles. The Labute approximate surface area is 98.0 Å². The molecule has 1 aromatic rings. The molecule has 0 spiro atoms. The van der Waals surface area contributed by atoms with Crippen LogP contribution in [0.1, 0.15) is 5.56 Å². The predicted octanol–water partition coefficient (Wildman–Crippen LogP) is -0.567. The van der Waals surface area contributed by atoms with Crippen LogP contribution in [0.2, 0.25) is 0 Å². The van der Waals surface area contributed by atoms with Crippen molar-refractivity contribution < 1.29 is 14.7 Å². The van der Waals surface area contributed by atoms with Crippen LogP contribution in [0.25, 0.3) is 0 Å². The lowest BCUT2D eigenvalue weighted by atomic mass is 10.1. The summed E-state index contributed by atoms with van der Waals surface area (Å²) >= 11 is 0. The molecule has 0 atom stereocenters. The molecule has 1 aliphatic rings. The first-order valence-electron chi connectivity index (χ1n) is 5.17. The zero-order valence-corrected chi connectivity index (χ0v) is 9.14. The number of nitrogens with two attached hydrogens (primary N) is 1. The smallest absolute Gasteiger partial charge is 0.240 e. The van der Waals surface area contributed by atoms with E-state index in [2.05, 4.69) is 5.32 Å². The van der Waals surface area contributed by atoms with Crippen molar-refractivity contribution in [3.63, 3.8) is 0 Å². The van der Waals surface area contributed by atoms with Gasteiger partial charge in [-0.25, -0.2) is 0 Å². The maximum Gasteiger partial charge on any atom is 0.240 e. The highest BCUT2D eigenvalue weighted by Gasteiger charge is 2.22. The Balaban J connectivity index is 2.07. The van der Waals surface area contributed by atoms with Gasteiger partial charge in [-0.05, 0) is 17.7 Å². The Hall–Kier alpha value is -2.08. The first kappa shape index (κ1) is 11.4. The monoisotopic (exact) mass is 235 g/mol. The second kappa shape index (κ2) is 4.42. The average molecular weight is 235 g/mol. The summed E-state index contributed by atoms with van der Waals surface area (Å²) in [4.78, 5) is 24.0. The van der Waals surface area contributed by atoms with Crippen LogP contribution in [0, 0.1) is 0 Å². The number of amides is 2. The molecule has 17 heavy (non-hydrogen) atoms. The zero-order valence-electron chi connectivity index (χ0n) is 9.14. The third kappa shape index (κ3) is 2.73. The van der Waals surface area contributed by atoms with Crippen LogP contribution in [0.3, 0.4) is 0 Å². The molecule has 6 nitrogen and oxygen atoms in total. The number of nitrogens with zero attached hydrogens (tertiary/aromatic N) is 1. The maximum atomic E-state index is 11.2. The van der Waals surface area contributed by atoms with Crippen LogP contribution in [0.15, 0.2) is 18.2 Å². The number of hydrogen-bond donors (Lipinski definition) is 3. The number of hydrogen-bond acceptors (Lipinski definition) is 5. The number of carbonyl (C=O) groups excluding carboxylic acids is 2. The largest absolute Gasteiger partial charge is 0.506 e. The van der Waals surface area contributed by atoms with Gasteiger partial charge in [0.05, 0.1) is 18.8 Å². The van der Waals surface area contributed by atoms with Crippen molar-refractivity contribution in [1.29, 1.82) is 0 Å². The maximum absolute atomic E-state index is 11.2. The van der Waals surface area contributed by atoms with Crippen LogP contribution in [0.5, 0.6) is 5.75 Å². The molecule has 1 heterocycles. The molecule has 1 aliphatic heterocycles. The number of nitrogen functional groups attached to an aromatic ring is 1. The minimum Gasteiger partial charge on any atom is -0.506 e. The summed E-state index contributed by atoms with van der Waals surface area (Å²) in [6.45, 7) is 0.822. The van der Waals surface area contributed by atoms with Crippen molar-refractivity contribution in [3.05, 3.63) is 23.8 Å². The normalized spacial score (nSPS) is 16.9. The molecule has 4 N–H and O–H groups in total. The van der Waals surface area contributed by atoms with E-state index in [1.807, 2.05) is 0 Å². The van der Waals surface area contributed by atoms with E-state index < -0.39 is 0 Å². The van der Waals surface area contributed by atoms with Crippen molar-refractivity contribution >= 4 is 17.5 Å². The zero-order chi connectivity index (χ0) is 12.4. The number of rotatable bonds is 2. The number of aromatic hydroxyl groups is 1. The lowest BCUT2D eigenvalue weighted by Gasteiger charge is -2.25. The van der Waals surface area contributed by atoms with Gasteiger partial charge >= 0.3 is 0 Å². The number of piperazine rings is 1. The highest BCUT2D eigenvalue weighted by Crippen LogP contribution is 2.21. The van der Waals surface area contributed by atoms with Gasteiger partial charge < -0.3 is 10.8 Å². The van der Waals surface area contributed by atoms with Crippen molar-refractivity contribution in [2.75, 3.05) is 18.8 Å². The van der Waals surface area contributed by atoms with Crippen LogP contribution in [-0.2, 0) is 16.1 Å². The van der Waals surface area contributed by atoms with Gasteiger partial charge in [-0.2, -0.15) is 0 Å². The SMILES string of the molecule is Nc1cc(CN2CC(=O)NC(=O)C2)ccc1O. The molecule has 0 bridgehead atoms. The van der Waals surface area contributed by atoms with E-state index in [1.165, 1.54) is 6.07 Å². The molecule has 1 saturated heterocycles. The fourth-order valence-electron chi connectivity index (χ4n) is 1.77. The van der Waals surface area contributed by atoms with Crippen LogP contribution < -0.4 is 11.1 Å². The number of benzene rings is 1. The molecule has 2 rings (SSSR count). The molecular formula is C11H13N3O3. The van der Waals surface area contributed by atoms with E-state index in [0.29, 0.717) is 6.54 Å². The van der Waals surface area contributed by atoms with Crippen molar-refractivity contribution in [1.82, 2.24) is 10.2 Å². The summed E-state index contributed by atoms with van der Waals surface area (Å²) in [5.74, 6) is -0.567. The van der Waals surface area contributed by atoms with E-state index in [4.69, 9.17) is 5.73 Å². The molecule has 0 unspecified atom stereocenters. The van der Waals surface area contributed by atoms with Crippen molar-refractivity contribution in [2.24, 2.45) is 0 Å². The third-order valence-corrected chi connectivity index (χ3v) is 2.51. The van der Waals surface area contributed by atoms with E-state index in [-0.39, 0.29) is 36.3 Å². The van der Waals surface area contributed by atoms with Gasteiger partial charge in [-0.1, -0.05) is 6.07 Å². The van der Waals surface area contributed by atoms with Crippen LogP contribution in [-0.4, -0.2) is 34.9 Å². The number of phenols is 1. The molecule has 0 aromatic heterocycles. The standard InChI is InChI=1S/C11H13N3O3/c12-8-3-7(1-2-9(8)15)4-14-5-10(16)13-11(17)6-14/h1-3,15H,4-6,12H2,(H,13,16,17). The molecule has 90 valence electrons. The van der Waals surface area contributed by atoms with Crippen molar-refractivity contribution in [2.45, 2.75) is 6.54 Å². The molecule has 2 amide bonds. The summed E-state index contributed by atoms with van der Waals surface area (Å²) in [6, 6.07) is 4.84. The van der Waals surface area contributed by atoms with Gasteiger partial charge in [-0.3, -0.25) is 19.8 Å². The van der Waals surface area contributed by atoms with Crippen LogP contribution >= 0.6 is 0 Å².